The molecule has 3 aliphatic rings. The van der Waals surface area contributed by atoms with Crippen molar-refractivity contribution in [3.63, 3.8) is 0 Å². The van der Waals surface area contributed by atoms with Gasteiger partial charge in [-0.05, 0) is 12.8 Å². The molecular weight excluding hydrogens is 380 g/mol. The van der Waals surface area contributed by atoms with E-state index < -0.39 is 73.6 Å². The first kappa shape index (κ1) is 21.4. The number of fused-ring (bicyclic) bond motifs is 1. The zero-order valence-corrected chi connectivity index (χ0v) is 15.2. The summed E-state index contributed by atoms with van der Waals surface area (Å²) in [6.07, 6.45) is -7.07. The molecule has 0 aromatic heterocycles. The Hall–Kier alpha value is -1.31. The van der Waals surface area contributed by atoms with E-state index in [9.17, 15) is 35.4 Å². The molecule has 160 valence electrons. The molecule has 0 aromatic carbocycles. The second-order valence-corrected chi connectivity index (χ2v) is 7.34. The standard InChI is InChI=1S/C17H26O11/c1-25-14(23)8-5-26-15(10-7(8)2-3-17(10,24)6-19)28-16-13(22)12(21)11(20)9(4-18)27-16/h5,7,9-13,15-16,18-22,24H,2-4,6H2,1H3/t7-,9-,10-,11-,12+,13-,15+,16+,17+/m1/s1. The lowest BCUT2D eigenvalue weighted by Gasteiger charge is -2.44. The number of methoxy groups -OCH3 is 1. The molecule has 3 rings (SSSR count). The summed E-state index contributed by atoms with van der Waals surface area (Å²) in [7, 11) is 1.21. The van der Waals surface area contributed by atoms with Gasteiger partial charge in [0.05, 0.1) is 43.7 Å². The first-order valence-corrected chi connectivity index (χ1v) is 9.00. The molecule has 2 heterocycles. The molecular formula is C17H26O11. The number of hydrogen-bond donors (Lipinski definition) is 6. The van der Waals surface area contributed by atoms with E-state index in [0.29, 0.717) is 6.42 Å². The van der Waals surface area contributed by atoms with Gasteiger partial charge in [0.25, 0.3) is 0 Å². The highest BCUT2D eigenvalue weighted by molar-refractivity contribution is 5.89. The third-order valence-electron chi connectivity index (χ3n) is 5.78. The lowest BCUT2D eigenvalue weighted by molar-refractivity contribution is -0.347. The molecule has 11 heteroatoms. The summed E-state index contributed by atoms with van der Waals surface area (Å²) in [6.45, 7) is -1.24. The van der Waals surface area contributed by atoms with Gasteiger partial charge in [-0.1, -0.05) is 0 Å². The van der Waals surface area contributed by atoms with Crippen LogP contribution in [0.4, 0.5) is 0 Å². The average Bonchev–Trinajstić information content (AvgIpc) is 3.06. The topological polar surface area (TPSA) is 175 Å². The highest BCUT2D eigenvalue weighted by Gasteiger charge is 2.57. The van der Waals surface area contributed by atoms with Crippen molar-refractivity contribution in [2.45, 2.75) is 55.4 Å². The van der Waals surface area contributed by atoms with Gasteiger partial charge < -0.3 is 49.6 Å². The fourth-order valence-electron chi connectivity index (χ4n) is 4.16. The maximum atomic E-state index is 12.0. The second kappa shape index (κ2) is 8.20. The van der Waals surface area contributed by atoms with E-state index in [1.54, 1.807) is 0 Å². The molecule has 2 fully saturated rings. The molecule has 0 aromatic rings. The maximum absolute atomic E-state index is 12.0. The molecule has 6 N–H and O–H groups in total. The van der Waals surface area contributed by atoms with E-state index in [-0.39, 0.29) is 12.0 Å². The number of esters is 1. The smallest absolute Gasteiger partial charge is 0.337 e. The Bertz CT molecular complexity index is 608. The van der Waals surface area contributed by atoms with Gasteiger partial charge in [-0.15, -0.1) is 0 Å². The SMILES string of the molecule is COC(=O)C1=CO[C@@H](O[C@@H]2O[C@H](CO)[C@@H](O)[C@H](O)[C@H]2O)[C@H]2[C@@H]1CC[C@]2(O)CO. The van der Waals surface area contributed by atoms with Crippen LogP contribution >= 0.6 is 0 Å². The Morgan fingerprint density at radius 1 is 1.21 bits per heavy atom. The Labute approximate surface area is 160 Å². The summed E-state index contributed by atoms with van der Waals surface area (Å²) >= 11 is 0. The average molecular weight is 406 g/mol. The van der Waals surface area contributed by atoms with Crippen LogP contribution in [0.3, 0.4) is 0 Å². The predicted octanol–water partition coefficient (Wildman–Crippen LogP) is -3.03. The molecule has 2 aliphatic heterocycles. The van der Waals surface area contributed by atoms with Crippen molar-refractivity contribution in [1.82, 2.24) is 0 Å². The molecule has 1 saturated carbocycles. The number of hydrogen-bond acceptors (Lipinski definition) is 11. The third kappa shape index (κ3) is 3.53. The highest BCUT2D eigenvalue weighted by atomic mass is 16.8. The van der Waals surface area contributed by atoms with Crippen LogP contribution in [-0.4, -0.2) is 99.5 Å². The van der Waals surface area contributed by atoms with Crippen molar-refractivity contribution >= 4 is 5.97 Å². The maximum Gasteiger partial charge on any atom is 0.337 e. The van der Waals surface area contributed by atoms with Gasteiger partial charge in [0.1, 0.15) is 24.4 Å². The zero-order valence-electron chi connectivity index (χ0n) is 15.2. The Kier molecular flexibility index (Phi) is 6.27. The van der Waals surface area contributed by atoms with Crippen molar-refractivity contribution in [2.75, 3.05) is 20.3 Å². The van der Waals surface area contributed by atoms with Crippen molar-refractivity contribution < 1.29 is 54.4 Å². The predicted molar refractivity (Wildman–Crippen MR) is 88.1 cm³/mol. The van der Waals surface area contributed by atoms with Gasteiger partial charge in [0.15, 0.2) is 6.29 Å². The molecule has 0 amide bonds. The van der Waals surface area contributed by atoms with Gasteiger partial charge in [0.2, 0.25) is 6.29 Å². The van der Waals surface area contributed by atoms with Crippen LogP contribution in [0, 0.1) is 11.8 Å². The van der Waals surface area contributed by atoms with E-state index in [2.05, 4.69) is 0 Å². The van der Waals surface area contributed by atoms with Crippen LogP contribution in [0.5, 0.6) is 0 Å². The molecule has 0 radical (unpaired) electrons. The highest BCUT2D eigenvalue weighted by Crippen LogP contribution is 2.49. The minimum Gasteiger partial charge on any atom is -0.471 e. The summed E-state index contributed by atoms with van der Waals surface area (Å²) in [4.78, 5) is 12.0. The van der Waals surface area contributed by atoms with Gasteiger partial charge in [-0.3, -0.25) is 0 Å². The van der Waals surface area contributed by atoms with Gasteiger partial charge in [-0.25, -0.2) is 4.79 Å². The van der Waals surface area contributed by atoms with Crippen LogP contribution in [0.2, 0.25) is 0 Å². The van der Waals surface area contributed by atoms with Gasteiger partial charge >= 0.3 is 5.97 Å². The van der Waals surface area contributed by atoms with Crippen molar-refractivity contribution in [3.05, 3.63) is 11.8 Å². The monoisotopic (exact) mass is 406 g/mol. The van der Waals surface area contributed by atoms with E-state index in [0.717, 1.165) is 6.26 Å². The Morgan fingerprint density at radius 2 is 1.93 bits per heavy atom. The molecule has 9 atom stereocenters. The van der Waals surface area contributed by atoms with Crippen LogP contribution in [0.15, 0.2) is 11.8 Å². The molecule has 1 saturated heterocycles. The van der Waals surface area contributed by atoms with Crippen LogP contribution < -0.4 is 0 Å². The zero-order chi connectivity index (χ0) is 20.6. The Morgan fingerprint density at radius 3 is 2.54 bits per heavy atom. The number of aliphatic hydroxyl groups excluding tert-OH is 5. The van der Waals surface area contributed by atoms with E-state index in [1.807, 2.05) is 0 Å². The van der Waals surface area contributed by atoms with Crippen LogP contribution in [-0.2, 0) is 23.7 Å². The minimum absolute atomic E-state index is 0.172. The number of carbonyl (C=O) groups excluding carboxylic acids is 1. The lowest BCUT2D eigenvalue weighted by Crippen LogP contribution is -2.61. The third-order valence-corrected chi connectivity index (χ3v) is 5.78. The molecule has 1 aliphatic carbocycles. The quantitative estimate of drug-likeness (QED) is 0.256. The molecule has 0 spiro atoms. The van der Waals surface area contributed by atoms with Gasteiger partial charge in [0, 0.05) is 5.92 Å². The fourth-order valence-corrected chi connectivity index (χ4v) is 4.16. The number of ether oxygens (including phenoxy) is 4. The molecule has 0 unspecified atom stereocenters. The largest absolute Gasteiger partial charge is 0.471 e. The molecule has 28 heavy (non-hydrogen) atoms. The number of carbonyl (C=O) groups is 1. The Balaban J connectivity index is 1.84. The van der Waals surface area contributed by atoms with Crippen molar-refractivity contribution in [3.8, 4) is 0 Å². The summed E-state index contributed by atoms with van der Waals surface area (Å²) in [5, 5.41) is 59.7. The molecule has 0 bridgehead atoms. The van der Waals surface area contributed by atoms with Crippen molar-refractivity contribution in [2.24, 2.45) is 11.8 Å². The summed E-state index contributed by atoms with van der Waals surface area (Å²) < 4.78 is 21.1. The summed E-state index contributed by atoms with van der Waals surface area (Å²) in [5.41, 5.74) is -1.43. The lowest BCUT2D eigenvalue weighted by atomic mass is 9.80. The number of aliphatic hydroxyl groups is 6. The van der Waals surface area contributed by atoms with E-state index in [1.165, 1.54) is 7.11 Å². The summed E-state index contributed by atoms with van der Waals surface area (Å²) in [6, 6.07) is 0. The second-order valence-electron chi connectivity index (χ2n) is 7.34. The fraction of sp³-hybridized carbons (Fsp3) is 0.824. The van der Waals surface area contributed by atoms with E-state index >= 15 is 0 Å². The normalized spacial score (nSPS) is 45.8. The summed E-state index contributed by atoms with van der Waals surface area (Å²) in [5.74, 6) is -2.05. The first-order chi connectivity index (χ1) is 13.3. The van der Waals surface area contributed by atoms with Gasteiger partial charge in [-0.2, -0.15) is 0 Å². The van der Waals surface area contributed by atoms with Crippen LogP contribution in [0.25, 0.3) is 0 Å². The number of rotatable bonds is 5. The molecule has 11 nitrogen and oxygen atoms in total. The minimum atomic E-state index is -1.66. The van der Waals surface area contributed by atoms with Crippen molar-refractivity contribution in [1.29, 1.82) is 0 Å². The van der Waals surface area contributed by atoms with Crippen LogP contribution in [0.1, 0.15) is 12.8 Å². The van der Waals surface area contributed by atoms with E-state index in [4.69, 9.17) is 18.9 Å². The first-order valence-electron chi connectivity index (χ1n) is 9.00.